The number of aliphatic hydroxyl groups is 5. The number of ether oxygens (including phenoxy) is 2. The van der Waals surface area contributed by atoms with E-state index in [4.69, 9.17) is 18.5 Å². The van der Waals surface area contributed by atoms with E-state index in [-0.39, 0.29) is 12.8 Å². The molecule has 1 aliphatic rings. The molecular formula is C51H85O13P. The van der Waals surface area contributed by atoms with E-state index < -0.39 is 75.7 Å². The average Bonchev–Trinajstić information content (AvgIpc) is 3.29. The summed E-state index contributed by atoms with van der Waals surface area (Å²) in [6, 6.07) is 0. The number of carbonyl (C=O) groups is 2. The first kappa shape index (κ1) is 60.0. The molecule has 1 aliphatic carbocycles. The first-order valence-corrected chi connectivity index (χ1v) is 25.9. The molecule has 0 aromatic carbocycles. The summed E-state index contributed by atoms with van der Waals surface area (Å²) in [5, 5.41) is 50.2. The SMILES string of the molecule is CC/C=C/C/C=C/C/C=C/C/C=C/C/C=C/CCCC(=O)OC[C@H](COP(=O)(O)OC1C(O)C(O)C(O)[C@@H](O)C1O)OC(=O)CCCCCCCCCCC/C=C/C/C=C/CCCCC. The summed E-state index contributed by atoms with van der Waals surface area (Å²) in [5.41, 5.74) is 0. The second-order valence-corrected chi connectivity index (χ2v) is 18.0. The van der Waals surface area contributed by atoms with Gasteiger partial charge in [-0.25, -0.2) is 4.57 Å². The minimum atomic E-state index is -5.14. The number of phosphoric acid groups is 1. The first-order chi connectivity index (χ1) is 31.4. The number of rotatable bonds is 39. The van der Waals surface area contributed by atoms with Gasteiger partial charge in [0, 0.05) is 12.8 Å². The van der Waals surface area contributed by atoms with Crippen molar-refractivity contribution in [3.05, 3.63) is 85.1 Å². The fraction of sp³-hybridized carbons (Fsp3) is 0.686. The Bertz CT molecular complexity index is 1460. The molecule has 0 radical (unpaired) electrons. The van der Waals surface area contributed by atoms with Gasteiger partial charge in [-0.3, -0.25) is 18.6 Å². The van der Waals surface area contributed by atoms with Crippen molar-refractivity contribution in [3.8, 4) is 0 Å². The minimum absolute atomic E-state index is 0.0751. The van der Waals surface area contributed by atoms with Crippen LogP contribution in [0.4, 0.5) is 0 Å². The van der Waals surface area contributed by atoms with Crippen molar-refractivity contribution < 1.29 is 63.1 Å². The molecule has 0 bridgehead atoms. The van der Waals surface area contributed by atoms with Crippen LogP contribution in [0.1, 0.15) is 168 Å². The largest absolute Gasteiger partial charge is 0.472 e. The Labute approximate surface area is 390 Å². The van der Waals surface area contributed by atoms with Crippen LogP contribution in [0.15, 0.2) is 85.1 Å². The van der Waals surface area contributed by atoms with Gasteiger partial charge >= 0.3 is 19.8 Å². The van der Waals surface area contributed by atoms with Gasteiger partial charge in [-0.1, -0.05) is 157 Å². The van der Waals surface area contributed by atoms with E-state index in [0.717, 1.165) is 70.6 Å². The molecule has 0 aromatic rings. The Morgan fingerprint density at radius 1 is 0.492 bits per heavy atom. The van der Waals surface area contributed by atoms with Crippen LogP contribution >= 0.6 is 7.82 Å². The summed E-state index contributed by atoms with van der Waals surface area (Å²) >= 11 is 0. The fourth-order valence-corrected chi connectivity index (χ4v) is 7.80. The molecule has 0 aliphatic heterocycles. The highest BCUT2D eigenvalue weighted by Crippen LogP contribution is 2.47. The number of aliphatic hydroxyl groups excluding tert-OH is 5. The standard InChI is InChI=1S/C51H85O13P/c1-3-5-7-9-11-13-15-17-19-21-22-24-26-28-30-32-34-36-38-40-45(53)63-43(42-62-65(59,60)64-51-49(57)47(55)46(54)48(56)50(51)58)41-61-44(52)39-37-35-33-31-29-27-25-23-20-18-16-14-12-10-8-6-4-2/h6,8,11-14,17-20,25,27,31,33,43,46-51,54-58H,3-5,7,9-10,15-16,21-24,26,28-30,32,34-42H2,1-2H3,(H,59,60)/b8-6+,13-11+,14-12+,19-17+,20-18+,27-25+,33-31+/t43-,46?,47-,48?,49?,50?,51?/m1/s1. The molecule has 14 heteroatoms. The number of esters is 2. The molecule has 0 aromatic heterocycles. The van der Waals surface area contributed by atoms with Crippen LogP contribution in [0.25, 0.3) is 0 Å². The molecule has 1 saturated carbocycles. The zero-order valence-electron chi connectivity index (χ0n) is 39.5. The van der Waals surface area contributed by atoms with Gasteiger partial charge in [0.25, 0.3) is 0 Å². The van der Waals surface area contributed by atoms with Crippen molar-refractivity contribution >= 4 is 19.8 Å². The first-order valence-electron chi connectivity index (χ1n) is 24.4. The molecule has 1 fully saturated rings. The predicted molar refractivity (Wildman–Crippen MR) is 258 cm³/mol. The Morgan fingerprint density at radius 2 is 0.892 bits per heavy atom. The number of phosphoric ester groups is 1. The quantitative estimate of drug-likeness (QED) is 0.0147. The lowest BCUT2D eigenvalue weighted by Gasteiger charge is -2.41. The van der Waals surface area contributed by atoms with Gasteiger partial charge in [0.2, 0.25) is 0 Å². The molecule has 0 amide bonds. The van der Waals surface area contributed by atoms with Crippen LogP contribution in [-0.4, -0.2) is 98.3 Å². The summed E-state index contributed by atoms with van der Waals surface area (Å²) in [5.74, 6) is -1.18. The van der Waals surface area contributed by atoms with E-state index in [1.807, 2.05) is 12.2 Å². The third-order valence-electron chi connectivity index (χ3n) is 10.7. The lowest BCUT2D eigenvalue weighted by molar-refractivity contribution is -0.220. The maximum absolute atomic E-state index is 12.8. The average molecular weight is 937 g/mol. The molecule has 8 atom stereocenters. The molecule has 372 valence electrons. The number of unbranched alkanes of at least 4 members (excludes halogenated alkanes) is 13. The van der Waals surface area contributed by atoms with Gasteiger partial charge in [0.05, 0.1) is 6.61 Å². The maximum Gasteiger partial charge on any atom is 0.472 e. The van der Waals surface area contributed by atoms with Gasteiger partial charge in [-0.15, -0.1) is 0 Å². The van der Waals surface area contributed by atoms with Crippen LogP contribution in [0.2, 0.25) is 0 Å². The van der Waals surface area contributed by atoms with E-state index in [1.165, 1.54) is 51.4 Å². The van der Waals surface area contributed by atoms with Crippen molar-refractivity contribution in [1.29, 1.82) is 0 Å². The van der Waals surface area contributed by atoms with E-state index in [0.29, 0.717) is 19.3 Å². The lowest BCUT2D eigenvalue weighted by Crippen LogP contribution is -2.64. The van der Waals surface area contributed by atoms with Crippen LogP contribution in [-0.2, 0) is 32.7 Å². The van der Waals surface area contributed by atoms with Crippen molar-refractivity contribution in [2.24, 2.45) is 0 Å². The highest BCUT2D eigenvalue weighted by Gasteiger charge is 2.51. The zero-order valence-corrected chi connectivity index (χ0v) is 40.4. The minimum Gasteiger partial charge on any atom is -0.462 e. The monoisotopic (exact) mass is 937 g/mol. The topological polar surface area (TPSA) is 210 Å². The molecule has 1 rings (SSSR count). The van der Waals surface area contributed by atoms with Crippen LogP contribution < -0.4 is 0 Å². The Kier molecular flexibility index (Phi) is 37.1. The number of hydrogen-bond acceptors (Lipinski definition) is 12. The van der Waals surface area contributed by atoms with Crippen LogP contribution in [0, 0.1) is 0 Å². The Hall–Kier alpha value is -2.97. The van der Waals surface area contributed by atoms with E-state index >= 15 is 0 Å². The molecule has 6 unspecified atom stereocenters. The van der Waals surface area contributed by atoms with E-state index in [1.54, 1.807) is 0 Å². The number of allylic oxidation sites excluding steroid dienone is 14. The third-order valence-corrected chi connectivity index (χ3v) is 11.7. The van der Waals surface area contributed by atoms with Gasteiger partial charge in [-0.05, 0) is 83.5 Å². The third kappa shape index (κ3) is 32.4. The summed E-state index contributed by atoms with van der Waals surface area (Å²) in [6.07, 6.45) is 39.2. The van der Waals surface area contributed by atoms with Crippen LogP contribution in [0.3, 0.4) is 0 Å². The fourth-order valence-electron chi connectivity index (χ4n) is 6.82. The zero-order chi connectivity index (χ0) is 47.8. The van der Waals surface area contributed by atoms with Crippen molar-refractivity contribution in [2.45, 2.75) is 211 Å². The Balaban J connectivity index is 2.47. The maximum atomic E-state index is 12.8. The second-order valence-electron chi connectivity index (χ2n) is 16.6. The Morgan fingerprint density at radius 3 is 1.38 bits per heavy atom. The summed E-state index contributed by atoms with van der Waals surface area (Å²) in [6.45, 7) is 3.11. The molecule has 0 spiro atoms. The summed E-state index contributed by atoms with van der Waals surface area (Å²) in [4.78, 5) is 35.8. The van der Waals surface area contributed by atoms with Gasteiger partial charge in [0.15, 0.2) is 6.10 Å². The van der Waals surface area contributed by atoms with Gasteiger partial charge in [0.1, 0.15) is 43.2 Å². The van der Waals surface area contributed by atoms with Gasteiger partial charge in [-0.2, -0.15) is 0 Å². The predicted octanol–water partition coefficient (Wildman–Crippen LogP) is 10.1. The highest BCUT2D eigenvalue weighted by molar-refractivity contribution is 7.47. The summed E-state index contributed by atoms with van der Waals surface area (Å²) in [7, 11) is -5.14. The van der Waals surface area contributed by atoms with Crippen molar-refractivity contribution in [2.75, 3.05) is 13.2 Å². The van der Waals surface area contributed by atoms with Crippen LogP contribution in [0.5, 0.6) is 0 Å². The van der Waals surface area contributed by atoms with E-state index in [9.17, 15) is 44.6 Å². The normalized spacial score (nSPS) is 22.2. The molecule has 0 saturated heterocycles. The molecule has 13 nitrogen and oxygen atoms in total. The van der Waals surface area contributed by atoms with Crippen molar-refractivity contribution in [1.82, 2.24) is 0 Å². The smallest absolute Gasteiger partial charge is 0.462 e. The molecule has 65 heavy (non-hydrogen) atoms. The second kappa shape index (κ2) is 40.1. The molecule has 0 heterocycles. The van der Waals surface area contributed by atoms with Gasteiger partial charge < -0.3 is 39.9 Å². The molecular weight excluding hydrogens is 852 g/mol. The number of carbonyl (C=O) groups excluding carboxylic acids is 2. The molecule has 6 N–H and O–H groups in total. The number of hydrogen-bond donors (Lipinski definition) is 6. The van der Waals surface area contributed by atoms with E-state index in [2.05, 4.69) is 86.8 Å². The summed E-state index contributed by atoms with van der Waals surface area (Å²) < 4.78 is 33.5. The highest BCUT2D eigenvalue weighted by atomic mass is 31.2. The lowest BCUT2D eigenvalue weighted by atomic mass is 9.85. The van der Waals surface area contributed by atoms with Crippen molar-refractivity contribution in [3.63, 3.8) is 0 Å².